The van der Waals surface area contributed by atoms with Crippen LogP contribution in [0, 0.1) is 0 Å². The Kier molecular flexibility index (Phi) is 3.65. The number of furan rings is 1. The Hall–Kier alpha value is -1.94. The van der Waals surface area contributed by atoms with Crippen LogP contribution in [0.5, 0.6) is 0 Å². The Bertz CT molecular complexity index is 763. The van der Waals surface area contributed by atoms with Gasteiger partial charge < -0.3 is 9.73 Å². The number of carbonyl (C=O) groups is 1. The number of hydrogen-bond acceptors (Lipinski definition) is 3. The van der Waals surface area contributed by atoms with Crippen molar-refractivity contribution >= 4 is 40.3 Å². The van der Waals surface area contributed by atoms with E-state index >= 15 is 0 Å². The normalized spacial score (nSPS) is 11.1. The van der Waals surface area contributed by atoms with E-state index in [0.29, 0.717) is 18.7 Å². The van der Waals surface area contributed by atoms with Crippen molar-refractivity contribution in [3.63, 3.8) is 0 Å². The van der Waals surface area contributed by atoms with E-state index in [-0.39, 0.29) is 5.91 Å². The minimum absolute atomic E-state index is 0.00492. The zero-order valence-corrected chi connectivity index (χ0v) is 11.8. The molecule has 1 heterocycles. The third-order valence-electron chi connectivity index (χ3n) is 3.33. The average molecular weight is 285 g/mol. The van der Waals surface area contributed by atoms with E-state index in [2.05, 4.69) is 30.1 Å². The topological polar surface area (TPSA) is 42.2 Å². The van der Waals surface area contributed by atoms with Crippen molar-refractivity contribution in [3.8, 4) is 0 Å². The molecule has 3 rings (SSSR count). The third-order valence-corrected chi connectivity index (χ3v) is 3.55. The predicted octanol–water partition coefficient (Wildman–Crippen LogP) is 3.17. The van der Waals surface area contributed by atoms with Gasteiger partial charge in [-0.1, -0.05) is 30.3 Å². The van der Waals surface area contributed by atoms with E-state index in [0.717, 1.165) is 27.3 Å². The largest absolute Gasteiger partial charge is 0.464 e. The van der Waals surface area contributed by atoms with Crippen LogP contribution in [-0.2, 0) is 11.2 Å². The highest BCUT2D eigenvalue weighted by molar-refractivity contribution is 7.80. The number of hydrogen-bond donors (Lipinski definition) is 2. The molecule has 0 saturated heterocycles. The highest BCUT2D eigenvalue weighted by Gasteiger charge is 2.12. The minimum atomic E-state index is -0.00492. The van der Waals surface area contributed by atoms with Crippen LogP contribution < -0.4 is 5.32 Å². The van der Waals surface area contributed by atoms with E-state index in [9.17, 15) is 4.79 Å². The molecule has 1 amide bonds. The molecule has 0 aliphatic heterocycles. The van der Waals surface area contributed by atoms with Gasteiger partial charge in [-0.05, 0) is 16.8 Å². The first-order chi connectivity index (χ1) is 9.79. The molecule has 4 heteroatoms. The summed E-state index contributed by atoms with van der Waals surface area (Å²) in [6.45, 7) is 0.582. The van der Waals surface area contributed by atoms with Gasteiger partial charge in [-0.25, -0.2) is 0 Å². The van der Waals surface area contributed by atoms with E-state index in [1.807, 2.05) is 24.3 Å². The Morgan fingerprint density at radius 3 is 2.90 bits per heavy atom. The summed E-state index contributed by atoms with van der Waals surface area (Å²) >= 11 is 4.08. The van der Waals surface area contributed by atoms with Crippen LogP contribution in [0.15, 0.2) is 47.1 Å². The highest BCUT2D eigenvalue weighted by Crippen LogP contribution is 2.29. The van der Waals surface area contributed by atoms with Gasteiger partial charge in [-0.3, -0.25) is 4.79 Å². The van der Waals surface area contributed by atoms with E-state index < -0.39 is 0 Å². The lowest BCUT2D eigenvalue weighted by molar-refractivity contribution is -0.120. The SMILES string of the molecule is O=C(Cc1coc2ccc3ccccc3c12)NCCS. The van der Waals surface area contributed by atoms with Crippen molar-refractivity contribution in [2.75, 3.05) is 12.3 Å². The first kappa shape index (κ1) is 13.1. The highest BCUT2D eigenvalue weighted by atomic mass is 32.1. The van der Waals surface area contributed by atoms with Gasteiger partial charge in [-0.15, -0.1) is 0 Å². The number of carbonyl (C=O) groups excluding carboxylic acids is 1. The minimum Gasteiger partial charge on any atom is -0.464 e. The Morgan fingerprint density at radius 2 is 2.05 bits per heavy atom. The molecule has 1 N–H and O–H groups in total. The average Bonchev–Trinajstić information content (AvgIpc) is 2.88. The predicted molar refractivity (Wildman–Crippen MR) is 84.3 cm³/mol. The third kappa shape index (κ3) is 2.39. The second-order valence-corrected chi connectivity index (χ2v) is 5.12. The van der Waals surface area contributed by atoms with Crippen molar-refractivity contribution in [1.29, 1.82) is 0 Å². The standard InChI is InChI=1S/C16H15NO2S/c18-15(17-7-8-20)9-12-10-19-14-6-5-11-3-1-2-4-13(11)16(12)14/h1-6,10,20H,7-9H2,(H,17,18). The van der Waals surface area contributed by atoms with E-state index in [1.165, 1.54) is 0 Å². The summed E-state index contributed by atoms with van der Waals surface area (Å²) in [4.78, 5) is 11.9. The molecule has 0 unspecified atom stereocenters. The first-order valence-electron chi connectivity index (χ1n) is 6.55. The summed E-state index contributed by atoms with van der Waals surface area (Å²) in [5.41, 5.74) is 1.74. The van der Waals surface area contributed by atoms with Gasteiger partial charge in [0.15, 0.2) is 0 Å². The smallest absolute Gasteiger partial charge is 0.224 e. The van der Waals surface area contributed by atoms with Crippen LogP contribution in [0.4, 0.5) is 0 Å². The van der Waals surface area contributed by atoms with Crippen LogP contribution in [0.3, 0.4) is 0 Å². The summed E-state index contributed by atoms with van der Waals surface area (Å²) in [6.07, 6.45) is 2.01. The van der Waals surface area contributed by atoms with Crippen molar-refractivity contribution in [2.24, 2.45) is 0 Å². The summed E-state index contributed by atoms with van der Waals surface area (Å²) in [5.74, 6) is 0.635. The van der Waals surface area contributed by atoms with Gasteiger partial charge in [0.05, 0.1) is 12.7 Å². The molecule has 0 fully saturated rings. The fraction of sp³-hybridized carbons (Fsp3) is 0.188. The zero-order valence-electron chi connectivity index (χ0n) is 10.9. The fourth-order valence-corrected chi connectivity index (χ4v) is 2.55. The quantitative estimate of drug-likeness (QED) is 0.723. The number of benzene rings is 2. The Labute approximate surface area is 122 Å². The summed E-state index contributed by atoms with van der Waals surface area (Å²) in [7, 11) is 0. The van der Waals surface area contributed by atoms with Crippen LogP contribution >= 0.6 is 12.6 Å². The molecular weight excluding hydrogens is 270 g/mol. The lowest BCUT2D eigenvalue weighted by Crippen LogP contribution is -2.26. The molecule has 0 atom stereocenters. The van der Waals surface area contributed by atoms with E-state index in [1.54, 1.807) is 6.26 Å². The van der Waals surface area contributed by atoms with Gasteiger partial charge in [0, 0.05) is 23.2 Å². The molecule has 1 aromatic heterocycles. The molecule has 3 aromatic rings. The van der Waals surface area contributed by atoms with Crippen LogP contribution in [-0.4, -0.2) is 18.2 Å². The molecule has 0 bridgehead atoms. The van der Waals surface area contributed by atoms with Crippen molar-refractivity contribution in [2.45, 2.75) is 6.42 Å². The fourth-order valence-electron chi connectivity index (χ4n) is 2.44. The molecule has 0 spiro atoms. The second-order valence-electron chi connectivity index (χ2n) is 4.67. The number of rotatable bonds is 4. The Balaban J connectivity index is 2.03. The summed E-state index contributed by atoms with van der Waals surface area (Å²) in [5, 5.41) is 6.13. The maximum Gasteiger partial charge on any atom is 0.224 e. The van der Waals surface area contributed by atoms with E-state index in [4.69, 9.17) is 4.42 Å². The summed E-state index contributed by atoms with van der Waals surface area (Å²) < 4.78 is 5.57. The Morgan fingerprint density at radius 1 is 1.20 bits per heavy atom. The first-order valence-corrected chi connectivity index (χ1v) is 7.18. The van der Waals surface area contributed by atoms with Crippen LogP contribution in [0.25, 0.3) is 21.7 Å². The van der Waals surface area contributed by atoms with Gasteiger partial charge >= 0.3 is 0 Å². The second kappa shape index (κ2) is 5.59. The number of amides is 1. The zero-order chi connectivity index (χ0) is 13.9. The molecule has 0 saturated carbocycles. The molecule has 0 radical (unpaired) electrons. The lowest BCUT2D eigenvalue weighted by atomic mass is 10.0. The lowest BCUT2D eigenvalue weighted by Gasteiger charge is -2.03. The van der Waals surface area contributed by atoms with Crippen molar-refractivity contribution < 1.29 is 9.21 Å². The molecule has 2 aromatic carbocycles. The van der Waals surface area contributed by atoms with Gasteiger partial charge in [0.2, 0.25) is 5.91 Å². The molecule has 0 aliphatic rings. The maximum absolute atomic E-state index is 11.9. The molecular formula is C16H15NO2S. The molecule has 3 nitrogen and oxygen atoms in total. The monoisotopic (exact) mass is 285 g/mol. The van der Waals surface area contributed by atoms with Crippen LogP contribution in [0.2, 0.25) is 0 Å². The van der Waals surface area contributed by atoms with Gasteiger partial charge in [-0.2, -0.15) is 12.6 Å². The molecule has 0 aliphatic carbocycles. The van der Waals surface area contributed by atoms with Crippen LogP contribution in [0.1, 0.15) is 5.56 Å². The van der Waals surface area contributed by atoms with Crippen molar-refractivity contribution in [1.82, 2.24) is 5.32 Å². The number of fused-ring (bicyclic) bond motifs is 3. The number of thiol groups is 1. The molecule has 102 valence electrons. The summed E-state index contributed by atoms with van der Waals surface area (Å²) in [6, 6.07) is 12.1. The maximum atomic E-state index is 11.9. The van der Waals surface area contributed by atoms with Gasteiger partial charge in [0.25, 0.3) is 0 Å². The number of nitrogens with one attached hydrogen (secondary N) is 1. The van der Waals surface area contributed by atoms with Gasteiger partial charge in [0.1, 0.15) is 5.58 Å². The van der Waals surface area contributed by atoms with Crippen molar-refractivity contribution in [3.05, 3.63) is 48.2 Å². The molecule has 20 heavy (non-hydrogen) atoms.